The number of thioether (sulfide) groups is 1. The van der Waals surface area contributed by atoms with Crippen molar-refractivity contribution in [1.29, 1.82) is 0 Å². The average Bonchev–Trinajstić information content (AvgIpc) is 3.12. The minimum atomic E-state index is 0.378. The lowest BCUT2D eigenvalue weighted by Crippen LogP contribution is -1.95. The Hall–Kier alpha value is -0.630. The van der Waals surface area contributed by atoms with Gasteiger partial charge in [-0.1, -0.05) is 233 Å². The summed E-state index contributed by atoms with van der Waals surface area (Å²) in [4.78, 5) is 1.37. The molecule has 50 heavy (non-hydrogen) atoms. The molecule has 0 aromatic heterocycles. The van der Waals surface area contributed by atoms with Gasteiger partial charge in [-0.2, -0.15) is 0 Å². The fourth-order valence-electron chi connectivity index (χ4n) is 7.62. The van der Waals surface area contributed by atoms with Gasteiger partial charge in [0.1, 0.15) is 0 Å². The smallest absolute Gasteiger partial charge is 0.185 e. The van der Waals surface area contributed by atoms with Crippen molar-refractivity contribution >= 4 is 11.8 Å². The Morgan fingerprint density at radius 1 is 0.340 bits per heavy atom. The van der Waals surface area contributed by atoms with Crippen LogP contribution in [0.4, 0.5) is 0 Å². The van der Waals surface area contributed by atoms with E-state index in [-0.39, 0.29) is 0 Å². The molecule has 0 heterocycles. The van der Waals surface area contributed by atoms with E-state index >= 15 is 0 Å². The second-order valence-corrected chi connectivity index (χ2v) is 17.3. The van der Waals surface area contributed by atoms with Gasteiger partial charge < -0.3 is 0 Å². The Morgan fingerprint density at radius 2 is 0.580 bits per heavy atom. The molecule has 1 aromatic rings. The molecule has 0 saturated heterocycles. The van der Waals surface area contributed by atoms with Crippen LogP contribution in [0.2, 0.25) is 0 Å². The van der Waals surface area contributed by atoms with E-state index in [0.29, 0.717) is 5.75 Å². The highest BCUT2D eigenvalue weighted by Gasteiger charge is 2.13. The van der Waals surface area contributed by atoms with Gasteiger partial charge in [-0.05, 0) is 50.0 Å². The summed E-state index contributed by atoms with van der Waals surface area (Å²) in [6.45, 7) is 6.90. The van der Waals surface area contributed by atoms with E-state index in [1.54, 1.807) is 0 Å². The van der Waals surface area contributed by atoms with Crippen LogP contribution in [0.3, 0.4) is 0 Å². The summed E-state index contributed by atoms with van der Waals surface area (Å²) in [5, 5.41) is 13.5. The number of unbranched alkanes of at least 4 members (excludes halogenated alkanes) is 33. The summed E-state index contributed by atoms with van der Waals surface area (Å²) in [7, 11) is 0. The topological polar surface area (TPSA) is 19.9 Å². The van der Waals surface area contributed by atoms with Crippen molar-refractivity contribution in [2.75, 3.05) is 5.75 Å². The second kappa shape index (κ2) is 38.1. The molecule has 0 bridgehead atoms. The summed E-state index contributed by atoms with van der Waals surface area (Å²) >= 11 is 2.02. The van der Waals surface area contributed by atoms with Gasteiger partial charge in [-0.15, -0.1) is 11.8 Å². The lowest BCUT2D eigenvalue weighted by molar-refractivity contribution is 0.343. The van der Waals surface area contributed by atoms with Crippen LogP contribution in [-0.4, -0.2) is 5.75 Å². The Bertz CT molecular complexity index is 773. The van der Waals surface area contributed by atoms with Crippen molar-refractivity contribution in [3.63, 3.8) is 0 Å². The van der Waals surface area contributed by atoms with Gasteiger partial charge in [0.2, 0.25) is 0 Å². The molecule has 2 heteroatoms. The number of rotatable bonds is 40. The molecule has 0 aliphatic carbocycles. The van der Waals surface area contributed by atoms with Crippen LogP contribution >= 0.6 is 11.8 Å². The van der Waals surface area contributed by atoms with Crippen molar-refractivity contribution in [2.24, 2.45) is 0 Å². The van der Waals surface area contributed by atoms with E-state index in [1.807, 2.05) is 11.8 Å². The zero-order valence-electron chi connectivity index (χ0n) is 34.5. The van der Waals surface area contributed by atoms with Crippen molar-refractivity contribution in [2.45, 2.75) is 270 Å². The van der Waals surface area contributed by atoms with Gasteiger partial charge in [-0.25, -0.2) is 0 Å². The molecule has 293 valence electrons. The molecule has 0 spiro atoms. The highest BCUT2D eigenvalue weighted by molar-refractivity contribution is 7.99. The Morgan fingerprint density at radius 3 is 0.860 bits per heavy atom. The van der Waals surface area contributed by atoms with Gasteiger partial charge in [0.05, 0.1) is 0 Å². The first-order valence-electron chi connectivity index (χ1n) is 23.2. The maximum absolute atomic E-state index is 13.5. The summed E-state index contributed by atoms with van der Waals surface area (Å²) in [6, 6.07) is 4.57. The molecule has 1 nitrogen and oxygen atoms in total. The lowest BCUT2D eigenvalue weighted by Gasteiger charge is -2.12. The monoisotopic (exact) mass is 714 g/mol. The minimum Gasteiger partial charge on any atom is -0.289 e. The van der Waals surface area contributed by atoms with Crippen LogP contribution in [0.15, 0.2) is 17.0 Å². The molecule has 0 unspecified atom stereocenters. The van der Waals surface area contributed by atoms with Crippen molar-refractivity contribution in [1.82, 2.24) is 0 Å². The van der Waals surface area contributed by atoms with Gasteiger partial charge in [0, 0.05) is 16.0 Å². The van der Waals surface area contributed by atoms with Crippen LogP contribution in [0.5, 0.6) is 5.75 Å². The van der Waals surface area contributed by atoms with Crippen molar-refractivity contribution in [3.8, 4) is 5.75 Å². The fraction of sp³-hybridized carbons (Fsp3) is 0.875. The molecular weight excluding hydrogens is 625 g/mol. The minimum absolute atomic E-state index is 0.378. The predicted octanol–water partition coefficient (Wildman–Crippen LogP) is 18.1. The number of hydrogen-bond donors (Lipinski definition) is 0. The van der Waals surface area contributed by atoms with E-state index in [0.717, 1.165) is 24.0 Å². The van der Waals surface area contributed by atoms with E-state index < -0.39 is 0 Å². The predicted molar refractivity (Wildman–Crippen MR) is 228 cm³/mol. The highest BCUT2D eigenvalue weighted by Crippen LogP contribution is 2.33. The molecule has 0 amide bonds. The molecule has 0 saturated carbocycles. The standard InChI is InChI=1S/C48H89OS/c1-4-7-10-13-16-19-22-23-24-25-26-27-30-33-36-39-42-50-47-43-45(40-37-34-31-28-20-17-14-11-8-5-2)48(49)46(44-47)41-38-35-32-29-21-18-15-12-9-6-3/h43-44H,4-42H2,1-3H3. The average molecular weight is 714 g/mol. The van der Waals surface area contributed by atoms with Crippen LogP contribution in [0, 0.1) is 0 Å². The SMILES string of the molecule is CCCCCCCCCCCCCCCCCCSc1cc(CCCCCCCCCCCC)c([O])c(CCCCCCCCCCCC)c1. The van der Waals surface area contributed by atoms with E-state index in [1.165, 1.54) is 242 Å². The van der Waals surface area contributed by atoms with Crippen LogP contribution in [0.1, 0.15) is 263 Å². The summed E-state index contributed by atoms with van der Waals surface area (Å²) in [5.74, 6) is 1.58. The van der Waals surface area contributed by atoms with Gasteiger partial charge in [0.15, 0.2) is 5.75 Å². The van der Waals surface area contributed by atoms with Crippen molar-refractivity contribution in [3.05, 3.63) is 23.3 Å². The highest BCUT2D eigenvalue weighted by atomic mass is 32.2. The Labute approximate surface area is 320 Å². The van der Waals surface area contributed by atoms with E-state index in [4.69, 9.17) is 0 Å². The fourth-order valence-corrected chi connectivity index (χ4v) is 8.66. The quantitative estimate of drug-likeness (QED) is 0.0490. The molecule has 0 N–H and O–H groups in total. The Balaban J connectivity index is 2.33. The summed E-state index contributed by atoms with van der Waals surface area (Å²) in [5.41, 5.74) is 2.23. The first kappa shape index (κ1) is 47.4. The first-order valence-corrected chi connectivity index (χ1v) is 24.2. The molecule has 1 aromatic carbocycles. The summed E-state index contributed by atoms with van der Waals surface area (Å²) in [6.07, 6.45) is 51.8. The number of hydrogen-bond acceptors (Lipinski definition) is 1. The molecule has 0 atom stereocenters. The second-order valence-electron chi connectivity index (χ2n) is 16.1. The van der Waals surface area contributed by atoms with E-state index in [9.17, 15) is 5.11 Å². The first-order chi connectivity index (χ1) is 24.7. The van der Waals surface area contributed by atoms with Gasteiger partial charge in [-0.3, -0.25) is 5.11 Å². The molecule has 1 radical (unpaired) electrons. The molecular formula is C48H89OS. The van der Waals surface area contributed by atoms with E-state index in [2.05, 4.69) is 32.9 Å². The maximum atomic E-state index is 13.5. The Kier molecular flexibility index (Phi) is 36.1. The third-order valence-electron chi connectivity index (χ3n) is 11.1. The third kappa shape index (κ3) is 29.9. The number of benzene rings is 1. The lowest BCUT2D eigenvalue weighted by atomic mass is 9.98. The van der Waals surface area contributed by atoms with Crippen LogP contribution in [0.25, 0.3) is 0 Å². The summed E-state index contributed by atoms with van der Waals surface area (Å²) < 4.78 is 0. The van der Waals surface area contributed by atoms with Gasteiger partial charge in [0.25, 0.3) is 0 Å². The van der Waals surface area contributed by atoms with Crippen LogP contribution in [-0.2, 0) is 17.9 Å². The molecule has 0 aliphatic heterocycles. The normalized spacial score (nSPS) is 11.6. The third-order valence-corrected chi connectivity index (χ3v) is 12.1. The largest absolute Gasteiger partial charge is 0.289 e. The maximum Gasteiger partial charge on any atom is 0.185 e. The van der Waals surface area contributed by atoms with Gasteiger partial charge >= 0.3 is 0 Å². The number of aryl methyl sites for hydroxylation is 2. The van der Waals surface area contributed by atoms with Crippen LogP contribution < -0.4 is 0 Å². The van der Waals surface area contributed by atoms with Crippen molar-refractivity contribution < 1.29 is 5.11 Å². The zero-order valence-corrected chi connectivity index (χ0v) is 35.4. The molecule has 0 fully saturated rings. The zero-order chi connectivity index (χ0) is 36.0. The molecule has 1 rings (SSSR count). The molecule has 0 aliphatic rings.